The molecule has 2 atom stereocenters. The predicted molar refractivity (Wildman–Crippen MR) is 49.2 cm³/mol. The van der Waals surface area contributed by atoms with Crippen molar-refractivity contribution in [3.63, 3.8) is 0 Å². The van der Waals surface area contributed by atoms with Gasteiger partial charge in [0.15, 0.2) is 5.69 Å². The average Bonchev–Trinajstić information content (AvgIpc) is 2.82. The van der Waals surface area contributed by atoms with Crippen LogP contribution in [0.4, 0.5) is 0 Å². The van der Waals surface area contributed by atoms with Gasteiger partial charge in [-0.05, 0) is 31.1 Å². The van der Waals surface area contributed by atoms with Crippen LogP contribution < -0.4 is 0 Å². The first kappa shape index (κ1) is 8.03. The van der Waals surface area contributed by atoms with Crippen LogP contribution in [0.25, 0.3) is 0 Å². The predicted octanol–water partition coefficient (Wildman–Crippen LogP) is 0.853. The van der Waals surface area contributed by atoms with Crippen molar-refractivity contribution in [3.05, 3.63) is 17.0 Å². The first-order chi connectivity index (χ1) is 6.66. The molecule has 74 valence electrons. The summed E-state index contributed by atoms with van der Waals surface area (Å²) in [6.45, 7) is 0. The fourth-order valence-corrected chi connectivity index (χ4v) is 2.57. The zero-order valence-electron chi connectivity index (χ0n) is 8.03. The summed E-state index contributed by atoms with van der Waals surface area (Å²) in [5.41, 5.74) is 2.40. The van der Waals surface area contributed by atoms with Crippen LogP contribution in [-0.2, 0) is 19.9 Å². The summed E-state index contributed by atoms with van der Waals surface area (Å²) >= 11 is 0. The lowest BCUT2D eigenvalue weighted by atomic mass is 9.96. The summed E-state index contributed by atoms with van der Waals surface area (Å²) in [5, 5.41) is 13.0. The number of hydrogen-bond donors (Lipinski definition) is 1. The van der Waals surface area contributed by atoms with Gasteiger partial charge < -0.3 is 5.11 Å². The molecule has 1 fully saturated rings. The van der Waals surface area contributed by atoms with Gasteiger partial charge in [0, 0.05) is 18.3 Å². The lowest BCUT2D eigenvalue weighted by Crippen LogP contribution is -2.09. The molecule has 0 saturated heterocycles. The van der Waals surface area contributed by atoms with E-state index in [4.69, 9.17) is 5.11 Å². The Morgan fingerprint density at radius 1 is 1.50 bits per heavy atom. The van der Waals surface area contributed by atoms with Gasteiger partial charge >= 0.3 is 5.97 Å². The first-order valence-electron chi connectivity index (χ1n) is 4.95. The Balaban J connectivity index is 2.12. The molecule has 0 radical (unpaired) electrons. The Hall–Kier alpha value is -1.32. The minimum atomic E-state index is -0.888. The normalized spacial score (nSPS) is 28.1. The van der Waals surface area contributed by atoms with E-state index in [1.807, 2.05) is 7.05 Å². The molecule has 3 rings (SSSR count). The van der Waals surface area contributed by atoms with Crippen LogP contribution in [0.5, 0.6) is 0 Å². The van der Waals surface area contributed by atoms with Crippen LogP contribution in [-0.4, -0.2) is 20.9 Å². The first-order valence-corrected chi connectivity index (χ1v) is 4.95. The number of carbonyl (C=O) groups is 1. The summed E-state index contributed by atoms with van der Waals surface area (Å²) < 4.78 is 1.74. The van der Waals surface area contributed by atoms with Crippen LogP contribution in [0, 0.1) is 11.8 Å². The third kappa shape index (κ3) is 0.937. The third-order valence-electron chi connectivity index (χ3n) is 3.47. The molecule has 0 amide bonds. The highest BCUT2D eigenvalue weighted by molar-refractivity contribution is 5.87. The van der Waals surface area contributed by atoms with Gasteiger partial charge in [0.2, 0.25) is 0 Å². The molecule has 1 aromatic heterocycles. The molecule has 0 bridgehead atoms. The molecular formula is C10H12N2O2. The molecule has 1 N–H and O–H groups in total. The number of carboxylic acids is 1. The Morgan fingerprint density at radius 3 is 2.93 bits per heavy atom. The molecule has 1 heterocycles. The van der Waals surface area contributed by atoms with E-state index in [1.165, 1.54) is 6.42 Å². The molecule has 4 heteroatoms. The Kier molecular flexibility index (Phi) is 1.36. The number of fused-ring (bicyclic) bond motifs is 2. The van der Waals surface area contributed by atoms with Crippen LogP contribution >= 0.6 is 0 Å². The highest BCUT2D eigenvalue weighted by Gasteiger charge is 2.43. The summed E-state index contributed by atoms with van der Waals surface area (Å²) in [7, 11) is 1.84. The number of aromatic carboxylic acids is 1. The highest BCUT2D eigenvalue weighted by Crippen LogP contribution is 2.48. The number of aromatic nitrogens is 2. The molecule has 1 saturated carbocycles. The van der Waals surface area contributed by atoms with E-state index in [2.05, 4.69) is 5.10 Å². The second kappa shape index (κ2) is 2.38. The molecule has 0 aliphatic heterocycles. The van der Waals surface area contributed by atoms with Crippen molar-refractivity contribution in [1.29, 1.82) is 0 Å². The van der Waals surface area contributed by atoms with Crippen LogP contribution in [0.2, 0.25) is 0 Å². The second-order valence-electron chi connectivity index (χ2n) is 4.37. The molecule has 2 aliphatic carbocycles. The zero-order chi connectivity index (χ0) is 9.87. The zero-order valence-corrected chi connectivity index (χ0v) is 8.03. The maximum absolute atomic E-state index is 10.9. The fourth-order valence-electron chi connectivity index (χ4n) is 2.57. The van der Waals surface area contributed by atoms with Crippen molar-refractivity contribution in [2.24, 2.45) is 18.9 Å². The maximum Gasteiger partial charge on any atom is 0.356 e. The van der Waals surface area contributed by atoms with Crippen LogP contribution in [0.3, 0.4) is 0 Å². The number of carboxylic acid groups (broad SMARTS) is 1. The van der Waals surface area contributed by atoms with Crippen LogP contribution in [0.15, 0.2) is 0 Å². The maximum atomic E-state index is 10.9. The highest BCUT2D eigenvalue weighted by atomic mass is 16.4. The topological polar surface area (TPSA) is 55.1 Å². The van der Waals surface area contributed by atoms with Crippen molar-refractivity contribution in [3.8, 4) is 0 Å². The number of nitrogens with zero attached hydrogens (tertiary/aromatic N) is 2. The quantitative estimate of drug-likeness (QED) is 0.717. The standard InChI is InChI=1S/C10H12N2O2/c1-12-8-4-6-2-5(6)3-7(8)9(11-12)10(13)14/h5-6H,2-4H2,1H3,(H,13,14). The second-order valence-corrected chi connectivity index (χ2v) is 4.37. The van der Waals surface area contributed by atoms with Crippen molar-refractivity contribution in [2.45, 2.75) is 19.3 Å². The van der Waals surface area contributed by atoms with E-state index in [0.29, 0.717) is 0 Å². The van der Waals surface area contributed by atoms with Crippen molar-refractivity contribution < 1.29 is 9.90 Å². The van der Waals surface area contributed by atoms with Gasteiger partial charge in [0.25, 0.3) is 0 Å². The summed E-state index contributed by atoms with van der Waals surface area (Å²) in [4.78, 5) is 10.9. The molecule has 2 unspecified atom stereocenters. The van der Waals surface area contributed by atoms with E-state index in [9.17, 15) is 4.79 Å². The Bertz CT molecular complexity index is 422. The molecule has 4 nitrogen and oxygen atoms in total. The van der Waals surface area contributed by atoms with E-state index in [0.717, 1.165) is 35.9 Å². The van der Waals surface area contributed by atoms with E-state index < -0.39 is 5.97 Å². The van der Waals surface area contributed by atoms with Gasteiger partial charge in [-0.1, -0.05) is 0 Å². The monoisotopic (exact) mass is 192 g/mol. The lowest BCUT2D eigenvalue weighted by Gasteiger charge is -2.10. The molecule has 0 aromatic carbocycles. The minimum Gasteiger partial charge on any atom is -0.476 e. The molecule has 2 aliphatic rings. The molecule has 1 aromatic rings. The largest absolute Gasteiger partial charge is 0.476 e. The van der Waals surface area contributed by atoms with Gasteiger partial charge in [-0.2, -0.15) is 5.10 Å². The van der Waals surface area contributed by atoms with E-state index in [1.54, 1.807) is 4.68 Å². The van der Waals surface area contributed by atoms with Crippen molar-refractivity contribution in [2.75, 3.05) is 0 Å². The van der Waals surface area contributed by atoms with Crippen LogP contribution in [0.1, 0.15) is 28.2 Å². The number of aryl methyl sites for hydroxylation is 1. The number of hydrogen-bond acceptors (Lipinski definition) is 2. The molecule has 14 heavy (non-hydrogen) atoms. The van der Waals surface area contributed by atoms with Crippen molar-refractivity contribution >= 4 is 5.97 Å². The summed E-state index contributed by atoms with van der Waals surface area (Å²) in [5.74, 6) is 0.658. The Morgan fingerprint density at radius 2 is 2.21 bits per heavy atom. The Labute approximate surface area is 81.5 Å². The van der Waals surface area contributed by atoms with E-state index >= 15 is 0 Å². The third-order valence-corrected chi connectivity index (χ3v) is 3.47. The fraction of sp³-hybridized carbons (Fsp3) is 0.600. The summed E-state index contributed by atoms with van der Waals surface area (Å²) in [6, 6.07) is 0. The minimum absolute atomic E-state index is 0.271. The van der Waals surface area contributed by atoms with E-state index in [-0.39, 0.29) is 5.69 Å². The average molecular weight is 192 g/mol. The van der Waals surface area contributed by atoms with Gasteiger partial charge in [0.1, 0.15) is 0 Å². The summed E-state index contributed by atoms with van der Waals surface area (Å²) in [6.07, 6.45) is 3.22. The van der Waals surface area contributed by atoms with Gasteiger partial charge in [-0.25, -0.2) is 4.79 Å². The van der Waals surface area contributed by atoms with Crippen molar-refractivity contribution in [1.82, 2.24) is 9.78 Å². The van der Waals surface area contributed by atoms with Gasteiger partial charge in [0.05, 0.1) is 0 Å². The number of rotatable bonds is 1. The lowest BCUT2D eigenvalue weighted by molar-refractivity contribution is 0.0688. The SMILES string of the molecule is Cn1nc(C(=O)O)c2c1CC1CC1C2. The van der Waals surface area contributed by atoms with Gasteiger partial charge in [-0.15, -0.1) is 0 Å². The molecular weight excluding hydrogens is 180 g/mol. The molecule has 0 spiro atoms. The van der Waals surface area contributed by atoms with Gasteiger partial charge in [-0.3, -0.25) is 4.68 Å². The smallest absolute Gasteiger partial charge is 0.356 e.